The lowest BCUT2D eigenvalue weighted by Gasteiger charge is -2.40. The second kappa shape index (κ2) is 6.47. The Bertz CT molecular complexity index is 587. The van der Waals surface area contributed by atoms with Gasteiger partial charge in [0.25, 0.3) is 5.91 Å². The SMILES string of the molecule is C#CC(=O)N1CCc2cccnc2C1CN1CCN(C)CC1. The molecule has 0 radical (unpaired) electrons. The molecule has 1 saturated heterocycles. The third-order valence-corrected chi connectivity index (χ3v) is 4.65. The van der Waals surface area contributed by atoms with Crippen LogP contribution in [0.4, 0.5) is 0 Å². The quantitative estimate of drug-likeness (QED) is 0.741. The Balaban J connectivity index is 1.83. The summed E-state index contributed by atoms with van der Waals surface area (Å²) in [7, 11) is 2.14. The zero-order chi connectivity index (χ0) is 15.5. The molecule has 0 N–H and O–H groups in total. The van der Waals surface area contributed by atoms with Gasteiger partial charge in [-0.15, -0.1) is 6.42 Å². The maximum atomic E-state index is 12.1. The summed E-state index contributed by atoms with van der Waals surface area (Å²) >= 11 is 0. The summed E-state index contributed by atoms with van der Waals surface area (Å²) < 4.78 is 0. The number of piperazine rings is 1. The summed E-state index contributed by atoms with van der Waals surface area (Å²) in [5.74, 6) is 2.05. The van der Waals surface area contributed by atoms with Crippen LogP contribution in [0.1, 0.15) is 17.3 Å². The monoisotopic (exact) mass is 298 g/mol. The number of terminal acetylenes is 1. The molecule has 5 heteroatoms. The van der Waals surface area contributed by atoms with Crippen molar-refractivity contribution in [1.29, 1.82) is 0 Å². The van der Waals surface area contributed by atoms with Gasteiger partial charge in [0.05, 0.1) is 11.7 Å². The average molecular weight is 298 g/mol. The van der Waals surface area contributed by atoms with E-state index in [1.807, 2.05) is 11.0 Å². The maximum Gasteiger partial charge on any atom is 0.298 e. The summed E-state index contributed by atoms with van der Waals surface area (Å²) in [5.41, 5.74) is 2.25. The van der Waals surface area contributed by atoms with Crippen LogP contribution < -0.4 is 0 Å². The van der Waals surface area contributed by atoms with Gasteiger partial charge in [-0.05, 0) is 31.0 Å². The van der Waals surface area contributed by atoms with Crippen LogP contribution in [0.15, 0.2) is 18.3 Å². The highest BCUT2D eigenvalue weighted by Gasteiger charge is 2.33. The fraction of sp³-hybridized carbons (Fsp3) is 0.529. The highest BCUT2D eigenvalue weighted by molar-refractivity contribution is 5.93. The molecule has 2 aliphatic heterocycles. The molecule has 1 unspecified atom stereocenters. The number of hydrogen-bond acceptors (Lipinski definition) is 4. The first-order chi connectivity index (χ1) is 10.7. The van der Waals surface area contributed by atoms with Crippen molar-refractivity contribution >= 4 is 5.91 Å². The van der Waals surface area contributed by atoms with E-state index in [4.69, 9.17) is 6.42 Å². The van der Waals surface area contributed by atoms with Crippen molar-refractivity contribution < 1.29 is 4.79 Å². The molecule has 3 heterocycles. The lowest BCUT2D eigenvalue weighted by atomic mass is 9.97. The number of nitrogens with zero attached hydrogens (tertiary/aromatic N) is 4. The van der Waals surface area contributed by atoms with Crippen LogP contribution in [0.5, 0.6) is 0 Å². The Hall–Kier alpha value is -1.90. The van der Waals surface area contributed by atoms with Crippen molar-refractivity contribution in [3.8, 4) is 12.3 Å². The molecule has 1 amide bonds. The molecule has 3 rings (SSSR count). The minimum absolute atomic E-state index is 0.0306. The zero-order valence-electron chi connectivity index (χ0n) is 13.0. The summed E-state index contributed by atoms with van der Waals surface area (Å²) in [6, 6.07) is 4.04. The number of amides is 1. The second-order valence-corrected chi connectivity index (χ2v) is 6.06. The molecule has 1 atom stereocenters. The standard InChI is InChI=1S/C17H22N4O/c1-3-16(22)21-8-6-14-5-4-7-18-17(14)15(21)13-20-11-9-19(2)10-12-20/h1,4-5,7,15H,6,8-13H2,2H3. The van der Waals surface area contributed by atoms with Gasteiger partial charge in [-0.25, -0.2) is 0 Å². The Morgan fingerprint density at radius 1 is 1.36 bits per heavy atom. The van der Waals surface area contributed by atoms with Crippen molar-refractivity contribution in [2.45, 2.75) is 12.5 Å². The summed E-state index contributed by atoms with van der Waals surface area (Å²) in [6.07, 6.45) is 7.99. The Labute approximate surface area is 131 Å². The second-order valence-electron chi connectivity index (χ2n) is 6.06. The van der Waals surface area contributed by atoms with E-state index >= 15 is 0 Å². The maximum absolute atomic E-state index is 12.1. The first-order valence-corrected chi connectivity index (χ1v) is 7.81. The molecule has 116 valence electrons. The van der Waals surface area contributed by atoms with Gasteiger partial charge in [-0.2, -0.15) is 0 Å². The lowest BCUT2D eigenvalue weighted by molar-refractivity contribution is -0.128. The molecule has 0 bridgehead atoms. The fourth-order valence-electron chi connectivity index (χ4n) is 3.29. The minimum atomic E-state index is -0.226. The van der Waals surface area contributed by atoms with Crippen LogP contribution in [0.3, 0.4) is 0 Å². The summed E-state index contributed by atoms with van der Waals surface area (Å²) in [6.45, 7) is 5.65. The number of likely N-dealkylation sites (N-methyl/N-ethyl adjacent to an activating group) is 1. The van der Waals surface area contributed by atoms with Crippen molar-refractivity contribution in [2.75, 3.05) is 46.3 Å². The van der Waals surface area contributed by atoms with Crippen LogP contribution in [-0.4, -0.2) is 71.9 Å². The first-order valence-electron chi connectivity index (χ1n) is 7.81. The highest BCUT2D eigenvalue weighted by Crippen LogP contribution is 2.29. The van der Waals surface area contributed by atoms with Gasteiger partial charge in [-0.1, -0.05) is 6.07 Å². The van der Waals surface area contributed by atoms with E-state index in [0.717, 1.165) is 44.8 Å². The van der Waals surface area contributed by atoms with Crippen LogP contribution in [0.25, 0.3) is 0 Å². The van der Waals surface area contributed by atoms with Gasteiger partial charge >= 0.3 is 0 Å². The van der Waals surface area contributed by atoms with E-state index in [2.05, 4.69) is 33.8 Å². The molecule has 2 aliphatic rings. The molecule has 1 fully saturated rings. The van der Waals surface area contributed by atoms with Crippen LogP contribution in [0, 0.1) is 12.3 Å². The first kappa shape index (κ1) is 15.0. The number of fused-ring (bicyclic) bond motifs is 1. The van der Waals surface area contributed by atoms with E-state index in [1.165, 1.54) is 5.56 Å². The van der Waals surface area contributed by atoms with Gasteiger partial charge in [0, 0.05) is 45.5 Å². The van der Waals surface area contributed by atoms with Crippen LogP contribution >= 0.6 is 0 Å². The topological polar surface area (TPSA) is 39.7 Å². The van der Waals surface area contributed by atoms with E-state index in [9.17, 15) is 4.79 Å². The van der Waals surface area contributed by atoms with Gasteiger partial charge < -0.3 is 9.80 Å². The van der Waals surface area contributed by atoms with Crippen molar-refractivity contribution in [3.63, 3.8) is 0 Å². The van der Waals surface area contributed by atoms with E-state index < -0.39 is 0 Å². The molecule has 0 spiro atoms. The average Bonchev–Trinajstić information content (AvgIpc) is 2.56. The lowest BCUT2D eigenvalue weighted by Crippen LogP contribution is -2.50. The van der Waals surface area contributed by atoms with Crippen molar-refractivity contribution in [3.05, 3.63) is 29.6 Å². The third kappa shape index (κ3) is 2.99. The normalized spacial score (nSPS) is 22.9. The predicted molar refractivity (Wildman–Crippen MR) is 85.2 cm³/mol. The van der Waals surface area contributed by atoms with Gasteiger partial charge in [0.1, 0.15) is 0 Å². The van der Waals surface area contributed by atoms with Crippen molar-refractivity contribution in [1.82, 2.24) is 19.7 Å². The molecule has 1 aromatic heterocycles. The Morgan fingerprint density at radius 3 is 2.86 bits per heavy atom. The number of carbonyl (C=O) groups is 1. The van der Waals surface area contributed by atoms with Crippen LogP contribution in [0.2, 0.25) is 0 Å². The highest BCUT2D eigenvalue weighted by atomic mass is 16.2. The minimum Gasteiger partial charge on any atom is -0.322 e. The molecule has 5 nitrogen and oxygen atoms in total. The van der Waals surface area contributed by atoms with Crippen molar-refractivity contribution in [2.24, 2.45) is 0 Å². The fourth-order valence-corrected chi connectivity index (χ4v) is 3.29. The van der Waals surface area contributed by atoms with Crippen LogP contribution in [-0.2, 0) is 11.2 Å². The Kier molecular flexibility index (Phi) is 4.41. The molecule has 22 heavy (non-hydrogen) atoms. The smallest absolute Gasteiger partial charge is 0.298 e. The molecular weight excluding hydrogens is 276 g/mol. The number of pyridine rings is 1. The number of carbonyl (C=O) groups excluding carboxylic acids is 1. The summed E-state index contributed by atoms with van der Waals surface area (Å²) in [4.78, 5) is 23.2. The zero-order valence-corrected chi connectivity index (χ0v) is 13.0. The van der Waals surface area contributed by atoms with Gasteiger partial charge in [-0.3, -0.25) is 14.7 Å². The molecule has 0 aliphatic carbocycles. The number of hydrogen-bond donors (Lipinski definition) is 0. The van der Waals surface area contributed by atoms with Gasteiger partial charge in [0.15, 0.2) is 0 Å². The van der Waals surface area contributed by atoms with E-state index in [0.29, 0.717) is 6.54 Å². The predicted octanol–water partition coefficient (Wildman–Crippen LogP) is 0.388. The van der Waals surface area contributed by atoms with E-state index in [1.54, 1.807) is 6.20 Å². The number of rotatable bonds is 2. The van der Waals surface area contributed by atoms with Gasteiger partial charge in [0.2, 0.25) is 0 Å². The Morgan fingerprint density at radius 2 is 2.14 bits per heavy atom. The molecule has 1 aromatic rings. The van der Waals surface area contributed by atoms with E-state index in [-0.39, 0.29) is 11.9 Å². The third-order valence-electron chi connectivity index (χ3n) is 4.65. The molecule has 0 aromatic carbocycles. The molecular formula is C17H22N4O. The number of aromatic nitrogens is 1. The summed E-state index contributed by atoms with van der Waals surface area (Å²) in [5, 5.41) is 0. The molecule has 0 saturated carbocycles. The largest absolute Gasteiger partial charge is 0.322 e.